The minimum Gasteiger partial charge on any atom is -0.327 e. The number of nitrogens with zero attached hydrogens (tertiary/aromatic N) is 1. The maximum absolute atomic E-state index is 12.1. The predicted octanol–water partition coefficient (Wildman–Crippen LogP) is 0.495. The van der Waals surface area contributed by atoms with Gasteiger partial charge in [0, 0.05) is 29.4 Å². The molecule has 1 heterocycles. The molecule has 1 amide bonds. The lowest BCUT2D eigenvalue weighted by atomic mass is 10.1. The first-order chi connectivity index (χ1) is 8.18. The van der Waals surface area contributed by atoms with Crippen LogP contribution in [0.5, 0.6) is 0 Å². The zero-order valence-corrected chi connectivity index (χ0v) is 10.6. The lowest BCUT2D eigenvalue weighted by Crippen LogP contribution is -2.30. The zero-order valence-electron chi connectivity index (χ0n) is 9.76. The average molecular weight is 252 g/mol. The van der Waals surface area contributed by atoms with Crippen LogP contribution in [0, 0.1) is 0 Å². The summed E-state index contributed by atoms with van der Waals surface area (Å²) in [7, 11) is -0.854. The molecule has 2 atom stereocenters. The van der Waals surface area contributed by atoms with E-state index in [9.17, 15) is 9.00 Å². The van der Waals surface area contributed by atoms with Crippen LogP contribution < -0.4 is 5.32 Å². The quantitative estimate of drug-likeness (QED) is 0.848. The molecule has 0 radical (unpaired) electrons. The van der Waals surface area contributed by atoms with E-state index in [2.05, 4.69) is 5.32 Å². The fourth-order valence-corrected chi connectivity index (χ4v) is 2.36. The van der Waals surface area contributed by atoms with Gasteiger partial charge in [-0.05, 0) is 5.56 Å². The molecule has 0 spiro atoms. The van der Waals surface area contributed by atoms with Gasteiger partial charge in [-0.15, -0.1) is 0 Å². The SMILES string of the molecule is CS(=O)CCN1CNC(c2ccccc2)C1=O. The van der Waals surface area contributed by atoms with E-state index in [1.54, 1.807) is 11.2 Å². The fourth-order valence-electron chi connectivity index (χ4n) is 1.88. The first kappa shape index (κ1) is 12.3. The first-order valence-corrected chi connectivity index (χ1v) is 7.28. The minimum atomic E-state index is -0.854. The molecule has 1 aliphatic heterocycles. The third-order valence-electron chi connectivity index (χ3n) is 2.83. The summed E-state index contributed by atoms with van der Waals surface area (Å²) in [5.41, 5.74) is 0.984. The van der Waals surface area contributed by atoms with E-state index >= 15 is 0 Å². The second-order valence-electron chi connectivity index (χ2n) is 4.08. The minimum absolute atomic E-state index is 0.0710. The smallest absolute Gasteiger partial charge is 0.245 e. The number of carbonyl (C=O) groups is 1. The predicted molar refractivity (Wildman–Crippen MR) is 67.8 cm³/mol. The Morgan fingerprint density at radius 1 is 1.41 bits per heavy atom. The highest BCUT2D eigenvalue weighted by Crippen LogP contribution is 2.19. The number of hydrogen-bond acceptors (Lipinski definition) is 3. The molecule has 0 bridgehead atoms. The maximum atomic E-state index is 12.1. The Hall–Kier alpha value is -1.20. The summed E-state index contributed by atoms with van der Waals surface area (Å²) in [5, 5.41) is 3.17. The van der Waals surface area contributed by atoms with Crippen LogP contribution >= 0.6 is 0 Å². The number of hydrogen-bond donors (Lipinski definition) is 1. The first-order valence-electron chi connectivity index (χ1n) is 5.55. The van der Waals surface area contributed by atoms with E-state index in [0.717, 1.165) is 5.56 Å². The molecule has 92 valence electrons. The van der Waals surface area contributed by atoms with E-state index in [1.807, 2.05) is 30.3 Å². The summed E-state index contributed by atoms with van der Waals surface area (Å²) in [6, 6.07) is 9.42. The van der Waals surface area contributed by atoms with Crippen molar-refractivity contribution in [3.05, 3.63) is 35.9 Å². The van der Waals surface area contributed by atoms with E-state index in [-0.39, 0.29) is 11.9 Å². The number of nitrogens with one attached hydrogen (secondary N) is 1. The normalized spacial score (nSPS) is 21.8. The van der Waals surface area contributed by atoms with Crippen LogP contribution in [0.3, 0.4) is 0 Å². The molecule has 17 heavy (non-hydrogen) atoms. The second kappa shape index (κ2) is 5.42. The van der Waals surface area contributed by atoms with E-state index in [1.165, 1.54) is 0 Å². The Morgan fingerprint density at radius 3 is 2.76 bits per heavy atom. The maximum Gasteiger partial charge on any atom is 0.245 e. The van der Waals surface area contributed by atoms with Crippen LogP contribution in [0.2, 0.25) is 0 Å². The molecule has 4 nitrogen and oxygen atoms in total. The molecule has 1 saturated heterocycles. The Labute approximate surface area is 103 Å². The van der Waals surface area contributed by atoms with Crippen molar-refractivity contribution >= 4 is 16.7 Å². The second-order valence-corrected chi connectivity index (χ2v) is 5.64. The van der Waals surface area contributed by atoms with Crippen molar-refractivity contribution < 1.29 is 9.00 Å². The Kier molecular flexibility index (Phi) is 3.91. The molecule has 5 heteroatoms. The van der Waals surface area contributed by atoms with Crippen molar-refractivity contribution in [2.45, 2.75) is 6.04 Å². The largest absolute Gasteiger partial charge is 0.327 e. The van der Waals surface area contributed by atoms with Gasteiger partial charge in [0.2, 0.25) is 5.91 Å². The molecule has 1 aliphatic rings. The summed E-state index contributed by atoms with van der Waals surface area (Å²) in [6.45, 7) is 1.09. The van der Waals surface area contributed by atoms with Crippen LogP contribution in [-0.4, -0.2) is 40.2 Å². The van der Waals surface area contributed by atoms with Crippen molar-refractivity contribution in [3.63, 3.8) is 0 Å². The highest BCUT2D eigenvalue weighted by atomic mass is 32.2. The van der Waals surface area contributed by atoms with Gasteiger partial charge >= 0.3 is 0 Å². The molecule has 1 aromatic carbocycles. The number of carbonyl (C=O) groups excluding carboxylic acids is 1. The molecule has 1 N–H and O–H groups in total. The molecular weight excluding hydrogens is 236 g/mol. The number of benzene rings is 1. The highest BCUT2D eigenvalue weighted by Gasteiger charge is 2.31. The number of amides is 1. The van der Waals surface area contributed by atoms with E-state index in [0.29, 0.717) is 19.0 Å². The van der Waals surface area contributed by atoms with Gasteiger partial charge < -0.3 is 4.90 Å². The fraction of sp³-hybridized carbons (Fsp3) is 0.417. The summed E-state index contributed by atoms with van der Waals surface area (Å²) in [4.78, 5) is 13.8. The van der Waals surface area contributed by atoms with Crippen molar-refractivity contribution in [1.82, 2.24) is 10.2 Å². The molecule has 1 aromatic rings. The Morgan fingerprint density at radius 2 is 2.12 bits per heavy atom. The van der Waals surface area contributed by atoms with Crippen LogP contribution in [0.4, 0.5) is 0 Å². The molecule has 0 aliphatic carbocycles. The zero-order chi connectivity index (χ0) is 12.3. The van der Waals surface area contributed by atoms with E-state index < -0.39 is 10.8 Å². The van der Waals surface area contributed by atoms with Crippen molar-refractivity contribution in [1.29, 1.82) is 0 Å². The Bertz CT molecular complexity index is 422. The van der Waals surface area contributed by atoms with Gasteiger partial charge in [-0.1, -0.05) is 30.3 Å². The van der Waals surface area contributed by atoms with Crippen molar-refractivity contribution in [2.24, 2.45) is 0 Å². The number of rotatable bonds is 4. The standard InChI is InChI=1S/C12H16N2O2S/c1-17(16)8-7-14-9-13-11(12(14)15)10-5-3-2-4-6-10/h2-6,11,13H,7-9H2,1H3. The molecule has 2 rings (SSSR count). The lowest BCUT2D eigenvalue weighted by Gasteiger charge is -2.14. The molecule has 0 saturated carbocycles. The van der Waals surface area contributed by atoms with Gasteiger partial charge in [-0.3, -0.25) is 14.3 Å². The monoisotopic (exact) mass is 252 g/mol. The van der Waals surface area contributed by atoms with Gasteiger partial charge in [0.1, 0.15) is 6.04 Å². The van der Waals surface area contributed by atoms with Gasteiger partial charge in [0.25, 0.3) is 0 Å². The van der Waals surface area contributed by atoms with Gasteiger partial charge in [0.05, 0.1) is 6.67 Å². The molecule has 2 unspecified atom stereocenters. The highest BCUT2D eigenvalue weighted by molar-refractivity contribution is 7.84. The van der Waals surface area contributed by atoms with Crippen LogP contribution in [0.25, 0.3) is 0 Å². The summed E-state index contributed by atoms with van der Waals surface area (Å²) >= 11 is 0. The van der Waals surface area contributed by atoms with Crippen LogP contribution in [0.1, 0.15) is 11.6 Å². The molecular formula is C12H16N2O2S. The molecule has 1 fully saturated rings. The lowest BCUT2D eigenvalue weighted by molar-refractivity contribution is -0.128. The Balaban J connectivity index is 2.00. The van der Waals surface area contributed by atoms with Gasteiger partial charge in [0.15, 0.2) is 0 Å². The average Bonchev–Trinajstić information content (AvgIpc) is 2.69. The summed E-state index contributed by atoms with van der Waals surface area (Å²) in [6.07, 6.45) is 1.66. The topological polar surface area (TPSA) is 49.4 Å². The van der Waals surface area contributed by atoms with Crippen LogP contribution in [0.15, 0.2) is 30.3 Å². The molecule has 0 aromatic heterocycles. The van der Waals surface area contributed by atoms with Gasteiger partial charge in [-0.25, -0.2) is 0 Å². The van der Waals surface area contributed by atoms with Crippen molar-refractivity contribution in [3.8, 4) is 0 Å². The summed E-state index contributed by atoms with van der Waals surface area (Å²) in [5.74, 6) is 0.608. The van der Waals surface area contributed by atoms with Gasteiger partial charge in [-0.2, -0.15) is 0 Å². The third kappa shape index (κ3) is 2.92. The third-order valence-corrected chi connectivity index (χ3v) is 3.58. The van der Waals surface area contributed by atoms with E-state index in [4.69, 9.17) is 0 Å². The summed E-state index contributed by atoms with van der Waals surface area (Å²) < 4.78 is 11.0. The van der Waals surface area contributed by atoms with Crippen LogP contribution in [-0.2, 0) is 15.6 Å². The van der Waals surface area contributed by atoms with Crippen molar-refractivity contribution in [2.75, 3.05) is 25.2 Å².